The molecule has 0 spiro atoms. The molecule has 3 rings (SSSR count). The second kappa shape index (κ2) is 6.71. The minimum atomic E-state index is 0.0902. The molecule has 0 amide bonds. The molecule has 3 heterocycles. The lowest BCUT2D eigenvalue weighted by Gasteiger charge is -2.31. The minimum Gasteiger partial charge on any atom is -0.372 e. The van der Waals surface area contributed by atoms with E-state index in [1.54, 1.807) is 11.3 Å². The van der Waals surface area contributed by atoms with E-state index in [2.05, 4.69) is 42.4 Å². The Hall–Kier alpha value is -1.24. The third-order valence-corrected chi connectivity index (χ3v) is 5.53. The Morgan fingerprint density at radius 2 is 2.22 bits per heavy atom. The summed E-state index contributed by atoms with van der Waals surface area (Å²) in [5.74, 6) is 0. The van der Waals surface area contributed by atoms with Crippen LogP contribution in [0.5, 0.6) is 0 Å². The summed E-state index contributed by atoms with van der Waals surface area (Å²) < 4.78 is 7.85. The molecule has 0 aliphatic carbocycles. The van der Waals surface area contributed by atoms with Gasteiger partial charge >= 0.3 is 0 Å². The zero-order chi connectivity index (χ0) is 16.4. The van der Waals surface area contributed by atoms with Gasteiger partial charge < -0.3 is 10.1 Å². The maximum atomic E-state index is 6.01. The molecule has 5 nitrogen and oxygen atoms in total. The summed E-state index contributed by atoms with van der Waals surface area (Å²) in [5, 5.41) is 9.14. The lowest BCUT2D eigenvalue weighted by atomic mass is 9.98. The second-order valence-corrected chi connectivity index (χ2v) is 8.37. The van der Waals surface area contributed by atoms with Crippen molar-refractivity contribution in [3.8, 4) is 0 Å². The van der Waals surface area contributed by atoms with Crippen LogP contribution in [0.4, 0.5) is 0 Å². The smallest absolute Gasteiger partial charge is 0.101 e. The fraction of sp³-hybridized carbons (Fsp3) is 0.647. The first kappa shape index (κ1) is 16.6. The monoisotopic (exact) mass is 334 g/mol. The third-order valence-electron chi connectivity index (χ3n) is 4.11. The zero-order valence-corrected chi connectivity index (χ0v) is 15.2. The Morgan fingerprint density at radius 1 is 1.39 bits per heavy atom. The average molecular weight is 334 g/mol. The van der Waals surface area contributed by atoms with E-state index in [4.69, 9.17) is 4.74 Å². The third kappa shape index (κ3) is 4.00. The largest absolute Gasteiger partial charge is 0.372 e. The number of hydrogen-bond donors (Lipinski definition) is 1. The van der Waals surface area contributed by atoms with Crippen LogP contribution in [-0.4, -0.2) is 27.4 Å². The predicted octanol–water partition coefficient (Wildman–Crippen LogP) is 3.18. The molecule has 2 aromatic rings. The van der Waals surface area contributed by atoms with E-state index in [0.717, 1.165) is 31.6 Å². The summed E-state index contributed by atoms with van der Waals surface area (Å²) in [6.45, 7) is 8.29. The normalized spacial score (nSPS) is 22.4. The van der Waals surface area contributed by atoms with Crippen molar-refractivity contribution in [1.29, 1.82) is 0 Å². The van der Waals surface area contributed by atoms with Crippen LogP contribution in [0.2, 0.25) is 0 Å². The van der Waals surface area contributed by atoms with Gasteiger partial charge in [0, 0.05) is 54.5 Å². The number of aryl methyl sites for hydroxylation is 1. The van der Waals surface area contributed by atoms with E-state index in [1.807, 2.05) is 24.1 Å². The van der Waals surface area contributed by atoms with Gasteiger partial charge in [-0.1, -0.05) is 20.8 Å². The predicted molar refractivity (Wildman–Crippen MR) is 92.6 cm³/mol. The number of hydrogen-bond acceptors (Lipinski definition) is 5. The summed E-state index contributed by atoms with van der Waals surface area (Å²) in [7, 11) is 1.94. The Labute approximate surface area is 142 Å². The van der Waals surface area contributed by atoms with Crippen molar-refractivity contribution >= 4 is 11.3 Å². The van der Waals surface area contributed by atoms with Crippen molar-refractivity contribution in [3.63, 3.8) is 0 Å². The summed E-state index contributed by atoms with van der Waals surface area (Å²) >= 11 is 1.80. The number of aromatic nitrogens is 3. The van der Waals surface area contributed by atoms with Crippen molar-refractivity contribution in [2.24, 2.45) is 7.05 Å². The SMILES string of the molecule is Cn1cc([C@H]2OCCC[C@@H]2NCc2cnc(C(C)(C)C)s2)cn1. The van der Waals surface area contributed by atoms with E-state index in [1.165, 1.54) is 9.88 Å². The average Bonchev–Trinajstić information content (AvgIpc) is 3.14. The van der Waals surface area contributed by atoms with E-state index < -0.39 is 0 Å². The number of thiazole rings is 1. The van der Waals surface area contributed by atoms with Gasteiger partial charge in [-0.2, -0.15) is 5.10 Å². The highest BCUT2D eigenvalue weighted by Crippen LogP contribution is 2.30. The van der Waals surface area contributed by atoms with Gasteiger partial charge in [0.05, 0.1) is 11.2 Å². The fourth-order valence-corrected chi connectivity index (χ4v) is 3.79. The molecule has 1 aliphatic rings. The molecule has 1 N–H and O–H groups in total. The van der Waals surface area contributed by atoms with Crippen LogP contribution >= 0.6 is 11.3 Å². The van der Waals surface area contributed by atoms with Gasteiger partial charge in [0.25, 0.3) is 0 Å². The molecule has 0 radical (unpaired) electrons. The molecule has 0 saturated carbocycles. The van der Waals surface area contributed by atoms with Crippen molar-refractivity contribution in [1.82, 2.24) is 20.1 Å². The van der Waals surface area contributed by atoms with Crippen LogP contribution in [-0.2, 0) is 23.7 Å². The number of ether oxygens (including phenoxy) is 1. The quantitative estimate of drug-likeness (QED) is 0.933. The molecule has 1 aliphatic heterocycles. The van der Waals surface area contributed by atoms with E-state index in [0.29, 0.717) is 6.04 Å². The standard InChI is InChI=1S/C17H26N4OS/c1-17(2,3)16-19-10-13(23-16)9-18-14-6-5-7-22-15(14)12-8-20-21(4)11-12/h8,10-11,14-15,18H,5-7,9H2,1-4H3/t14-,15+/m0/s1. The molecule has 0 unspecified atom stereocenters. The summed E-state index contributed by atoms with van der Waals surface area (Å²) in [5.41, 5.74) is 1.28. The first-order valence-corrected chi connectivity index (χ1v) is 9.04. The summed E-state index contributed by atoms with van der Waals surface area (Å²) in [6, 6.07) is 0.327. The van der Waals surface area contributed by atoms with Gasteiger partial charge in [-0.05, 0) is 12.8 Å². The Morgan fingerprint density at radius 3 is 2.87 bits per heavy atom. The molecule has 1 fully saturated rings. The maximum Gasteiger partial charge on any atom is 0.101 e. The molecule has 2 atom stereocenters. The van der Waals surface area contributed by atoms with Gasteiger partial charge in [-0.15, -0.1) is 11.3 Å². The maximum absolute atomic E-state index is 6.01. The topological polar surface area (TPSA) is 52.0 Å². The van der Waals surface area contributed by atoms with Crippen LogP contribution in [0.15, 0.2) is 18.6 Å². The van der Waals surface area contributed by atoms with Crippen LogP contribution in [0.25, 0.3) is 0 Å². The van der Waals surface area contributed by atoms with Crippen molar-refractivity contribution in [2.75, 3.05) is 6.61 Å². The van der Waals surface area contributed by atoms with Crippen LogP contribution in [0, 0.1) is 0 Å². The van der Waals surface area contributed by atoms with Crippen molar-refractivity contribution in [2.45, 2.75) is 57.7 Å². The first-order chi connectivity index (χ1) is 10.9. The summed E-state index contributed by atoms with van der Waals surface area (Å²) in [4.78, 5) is 5.85. The Bertz CT molecular complexity index is 643. The fourth-order valence-electron chi connectivity index (χ4n) is 2.87. The highest BCUT2D eigenvalue weighted by atomic mass is 32.1. The summed E-state index contributed by atoms with van der Waals surface area (Å²) in [6.07, 6.45) is 8.28. The van der Waals surface area contributed by atoms with Gasteiger partial charge in [0.15, 0.2) is 0 Å². The van der Waals surface area contributed by atoms with Crippen LogP contribution in [0.1, 0.15) is 55.2 Å². The molecule has 1 saturated heterocycles. The molecule has 6 heteroatoms. The van der Waals surface area contributed by atoms with Crippen LogP contribution < -0.4 is 5.32 Å². The minimum absolute atomic E-state index is 0.0902. The van der Waals surface area contributed by atoms with Crippen molar-refractivity contribution in [3.05, 3.63) is 34.0 Å². The van der Waals surface area contributed by atoms with E-state index in [-0.39, 0.29) is 11.5 Å². The molecule has 0 bridgehead atoms. The number of nitrogens with one attached hydrogen (secondary N) is 1. The van der Waals surface area contributed by atoms with Gasteiger partial charge in [-0.3, -0.25) is 4.68 Å². The molecular formula is C17H26N4OS. The lowest BCUT2D eigenvalue weighted by Crippen LogP contribution is -2.38. The molecule has 126 valence electrons. The van der Waals surface area contributed by atoms with Gasteiger partial charge in [0.1, 0.15) is 6.10 Å². The molecule has 0 aromatic carbocycles. The lowest BCUT2D eigenvalue weighted by molar-refractivity contribution is -0.0111. The highest BCUT2D eigenvalue weighted by Gasteiger charge is 2.28. The molecule has 23 heavy (non-hydrogen) atoms. The highest BCUT2D eigenvalue weighted by molar-refractivity contribution is 7.11. The van der Waals surface area contributed by atoms with Gasteiger partial charge in [-0.25, -0.2) is 4.98 Å². The van der Waals surface area contributed by atoms with E-state index in [9.17, 15) is 0 Å². The second-order valence-electron chi connectivity index (χ2n) is 7.25. The molecular weight excluding hydrogens is 308 g/mol. The first-order valence-electron chi connectivity index (χ1n) is 8.22. The zero-order valence-electron chi connectivity index (χ0n) is 14.4. The Balaban J connectivity index is 1.64. The van der Waals surface area contributed by atoms with Crippen molar-refractivity contribution < 1.29 is 4.74 Å². The molecule has 2 aromatic heterocycles. The van der Waals surface area contributed by atoms with E-state index >= 15 is 0 Å². The number of rotatable bonds is 4. The van der Waals surface area contributed by atoms with Gasteiger partial charge in [0.2, 0.25) is 0 Å². The van der Waals surface area contributed by atoms with Crippen LogP contribution in [0.3, 0.4) is 0 Å². The number of nitrogens with zero attached hydrogens (tertiary/aromatic N) is 3. The Kier molecular flexibility index (Phi) is 4.85.